The number of benzene rings is 1. The Bertz CT molecular complexity index is 717. The number of amides is 1. The van der Waals surface area contributed by atoms with Crippen LogP contribution in [0.3, 0.4) is 0 Å². The summed E-state index contributed by atoms with van der Waals surface area (Å²) in [4.78, 5) is 33.5. The van der Waals surface area contributed by atoms with Gasteiger partial charge in [-0.25, -0.2) is 4.79 Å². The molecular formula is C23H37N3O5. The third kappa shape index (κ3) is 10.3. The molecule has 2 rings (SSSR count). The van der Waals surface area contributed by atoms with E-state index in [1.807, 2.05) is 0 Å². The zero-order chi connectivity index (χ0) is 23.4. The maximum atomic E-state index is 10.5. The van der Waals surface area contributed by atoms with Crippen LogP contribution < -0.4 is 16.0 Å². The van der Waals surface area contributed by atoms with Gasteiger partial charge in [0.05, 0.1) is 0 Å². The predicted octanol–water partition coefficient (Wildman–Crippen LogP) is 3.16. The largest absolute Gasteiger partial charge is 0.481 e. The zero-order valence-electron chi connectivity index (χ0n) is 18.8. The van der Waals surface area contributed by atoms with Crippen LogP contribution in [0, 0.1) is 5.92 Å². The number of hydrogen-bond acceptors (Lipinski definition) is 5. The van der Waals surface area contributed by atoms with Crippen LogP contribution >= 0.6 is 0 Å². The number of carboxylic acid groups (broad SMARTS) is 2. The van der Waals surface area contributed by atoms with Crippen LogP contribution in [0.2, 0.25) is 0 Å². The van der Waals surface area contributed by atoms with Gasteiger partial charge in [-0.05, 0) is 49.7 Å². The quantitative estimate of drug-likeness (QED) is 0.468. The number of carbonyl (C=O) groups is 3. The summed E-state index contributed by atoms with van der Waals surface area (Å²) in [5.41, 5.74) is 9.07. The van der Waals surface area contributed by atoms with Gasteiger partial charge in [0.15, 0.2) is 0 Å². The molecule has 2 atom stereocenters. The minimum Gasteiger partial charge on any atom is -0.481 e. The molecule has 1 fully saturated rings. The van der Waals surface area contributed by atoms with Crippen molar-refractivity contribution in [3.8, 4) is 0 Å². The number of piperidine rings is 1. The van der Waals surface area contributed by atoms with Gasteiger partial charge in [-0.15, -0.1) is 0 Å². The fraction of sp³-hybridized carbons (Fsp3) is 0.609. The van der Waals surface area contributed by atoms with Crippen molar-refractivity contribution in [2.75, 3.05) is 18.0 Å². The smallest absolute Gasteiger partial charge is 0.326 e. The summed E-state index contributed by atoms with van der Waals surface area (Å²) in [7, 11) is 0. The molecule has 0 saturated carbocycles. The van der Waals surface area contributed by atoms with Crippen molar-refractivity contribution in [3.63, 3.8) is 0 Å². The SMILES string of the molecule is CC(=O)NC(CCC(=O)O)C(=O)O.CC(C)C[C@H](N)c1ccccc1N1CCCCC1. The number of nitrogens with zero attached hydrogens (tertiary/aromatic N) is 1. The van der Waals surface area contributed by atoms with Crippen molar-refractivity contribution in [3.05, 3.63) is 29.8 Å². The van der Waals surface area contributed by atoms with Crippen molar-refractivity contribution in [1.82, 2.24) is 5.32 Å². The number of carboxylic acids is 2. The van der Waals surface area contributed by atoms with Crippen LogP contribution in [0.4, 0.5) is 5.69 Å². The van der Waals surface area contributed by atoms with Crippen molar-refractivity contribution in [2.45, 2.75) is 71.4 Å². The molecule has 0 bridgehead atoms. The molecule has 1 amide bonds. The fourth-order valence-corrected chi connectivity index (χ4v) is 3.63. The van der Waals surface area contributed by atoms with Crippen LogP contribution in [0.1, 0.15) is 70.9 Å². The standard InChI is InChI=1S/C16H26N2.C7H11NO5/c1-13(2)12-15(17)14-8-4-5-9-16(14)18-10-6-3-7-11-18;1-4(9)8-5(7(12)13)2-3-6(10)11/h4-5,8-9,13,15H,3,6-7,10-12,17H2,1-2H3;5H,2-3H2,1H3,(H,8,9)(H,10,11)(H,12,13)/t15-;/m0./s1. The Balaban J connectivity index is 0.000000330. The maximum absolute atomic E-state index is 10.5. The summed E-state index contributed by atoms with van der Waals surface area (Å²) in [6.07, 6.45) is 4.67. The molecule has 1 heterocycles. The van der Waals surface area contributed by atoms with Gasteiger partial charge in [0, 0.05) is 38.2 Å². The first-order valence-corrected chi connectivity index (χ1v) is 10.9. The molecule has 1 unspecified atom stereocenters. The molecule has 1 aromatic carbocycles. The highest BCUT2D eigenvalue weighted by Gasteiger charge is 2.19. The van der Waals surface area contributed by atoms with E-state index >= 15 is 0 Å². The van der Waals surface area contributed by atoms with E-state index in [0.29, 0.717) is 5.92 Å². The molecule has 0 aliphatic carbocycles. The number of aliphatic carboxylic acids is 2. The lowest BCUT2D eigenvalue weighted by atomic mass is 9.95. The van der Waals surface area contributed by atoms with E-state index in [2.05, 4.69) is 48.3 Å². The molecule has 174 valence electrons. The predicted molar refractivity (Wildman–Crippen MR) is 121 cm³/mol. The molecule has 5 N–H and O–H groups in total. The minimum absolute atomic E-state index is 0.107. The first-order valence-electron chi connectivity index (χ1n) is 10.9. The van der Waals surface area contributed by atoms with E-state index in [1.165, 1.54) is 50.5 Å². The Morgan fingerprint density at radius 1 is 1.10 bits per heavy atom. The summed E-state index contributed by atoms with van der Waals surface area (Å²) < 4.78 is 0. The molecule has 31 heavy (non-hydrogen) atoms. The Morgan fingerprint density at radius 3 is 2.23 bits per heavy atom. The highest BCUT2D eigenvalue weighted by molar-refractivity contribution is 5.82. The number of nitrogens with one attached hydrogen (secondary N) is 1. The average molecular weight is 436 g/mol. The Morgan fingerprint density at radius 2 is 1.71 bits per heavy atom. The lowest BCUT2D eigenvalue weighted by Gasteiger charge is -2.32. The van der Waals surface area contributed by atoms with Crippen LogP contribution in [-0.4, -0.2) is 47.2 Å². The molecule has 1 saturated heterocycles. The van der Waals surface area contributed by atoms with Crippen molar-refractivity contribution in [2.24, 2.45) is 11.7 Å². The van der Waals surface area contributed by atoms with Crippen LogP contribution in [0.5, 0.6) is 0 Å². The third-order valence-electron chi connectivity index (χ3n) is 5.08. The molecule has 0 spiro atoms. The van der Waals surface area contributed by atoms with E-state index in [1.54, 1.807) is 0 Å². The number of para-hydroxylation sites is 1. The number of hydrogen-bond donors (Lipinski definition) is 4. The molecule has 0 radical (unpaired) electrons. The van der Waals surface area contributed by atoms with E-state index in [4.69, 9.17) is 15.9 Å². The second-order valence-corrected chi connectivity index (χ2v) is 8.37. The van der Waals surface area contributed by atoms with Crippen molar-refractivity contribution in [1.29, 1.82) is 0 Å². The highest BCUT2D eigenvalue weighted by atomic mass is 16.4. The van der Waals surface area contributed by atoms with E-state index < -0.39 is 23.9 Å². The van der Waals surface area contributed by atoms with Crippen LogP contribution in [-0.2, 0) is 14.4 Å². The van der Waals surface area contributed by atoms with Gasteiger partial charge < -0.3 is 26.2 Å². The summed E-state index contributed by atoms with van der Waals surface area (Å²) in [6.45, 7) is 8.03. The monoisotopic (exact) mass is 435 g/mol. The van der Waals surface area contributed by atoms with Gasteiger partial charge in [-0.1, -0.05) is 32.0 Å². The normalized spacial score (nSPS) is 15.5. The van der Waals surface area contributed by atoms with Crippen molar-refractivity contribution < 1.29 is 24.6 Å². The topological polar surface area (TPSA) is 133 Å². The number of carbonyl (C=O) groups excluding carboxylic acids is 1. The van der Waals surface area contributed by atoms with Crippen molar-refractivity contribution >= 4 is 23.5 Å². The van der Waals surface area contributed by atoms with Gasteiger partial charge in [-0.2, -0.15) is 0 Å². The lowest BCUT2D eigenvalue weighted by molar-refractivity contribution is -0.142. The number of anilines is 1. The minimum atomic E-state index is -1.23. The second kappa shape index (κ2) is 13.6. The Hall–Kier alpha value is -2.61. The summed E-state index contributed by atoms with van der Waals surface area (Å²) in [5, 5.41) is 18.9. The summed E-state index contributed by atoms with van der Waals surface area (Å²) in [6, 6.07) is 7.74. The summed E-state index contributed by atoms with van der Waals surface area (Å²) in [5.74, 6) is -2.15. The zero-order valence-corrected chi connectivity index (χ0v) is 18.8. The third-order valence-corrected chi connectivity index (χ3v) is 5.08. The second-order valence-electron chi connectivity index (χ2n) is 8.37. The van der Waals surface area contributed by atoms with E-state index in [-0.39, 0.29) is 18.9 Å². The van der Waals surface area contributed by atoms with E-state index in [9.17, 15) is 14.4 Å². The first kappa shape index (κ1) is 26.4. The number of rotatable bonds is 9. The first-order chi connectivity index (χ1) is 14.6. The molecule has 1 aliphatic rings. The Labute approximate surface area is 184 Å². The fourth-order valence-electron chi connectivity index (χ4n) is 3.63. The summed E-state index contributed by atoms with van der Waals surface area (Å²) >= 11 is 0. The van der Waals surface area contributed by atoms with Gasteiger partial charge >= 0.3 is 11.9 Å². The van der Waals surface area contributed by atoms with Gasteiger partial charge in [0.25, 0.3) is 0 Å². The average Bonchev–Trinajstić information content (AvgIpc) is 2.71. The van der Waals surface area contributed by atoms with Gasteiger partial charge in [-0.3, -0.25) is 9.59 Å². The number of nitrogens with two attached hydrogens (primary N) is 1. The molecule has 1 aromatic rings. The van der Waals surface area contributed by atoms with Gasteiger partial charge in [0.1, 0.15) is 6.04 Å². The van der Waals surface area contributed by atoms with Crippen LogP contribution in [0.25, 0.3) is 0 Å². The molecule has 8 nitrogen and oxygen atoms in total. The lowest BCUT2D eigenvalue weighted by Crippen LogP contribution is -2.39. The van der Waals surface area contributed by atoms with Crippen LogP contribution in [0.15, 0.2) is 24.3 Å². The molecule has 8 heteroatoms. The molecular weight excluding hydrogens is 398 g/mol. The van der Waals surface area contributed by atoms with Gasteiger partial charge in [0.2, 0.25) is 5.91 Å². The highest BCUT2D eigenvalue weighted by Crippen LogP contribution is 2.30. The maximum Gasteiger partial charge on any atom is 0.326 e. The molecule has 0 aromatic heterocycles. The molecule has 1 aliphatic heterocycles. The van der Waals surface area contributed by atoms with E-state index in [0.717, 1.165) is 6.42 Å². The Kier molecular flexibility index (Phi) is 11.6.